The van der Waals surface area contributed by atoms with E-state index in [1.54, 1.807) is 31.8 Å². The Morgan fingerprint density at radius 2 is 2.00 bits per heavy atom. The van der Waals surface area contributed by atoms with Crippen LogP contribution >= 0.6 is 0 Å². The maximum Gasteiger partial charge on any atom is 0.222 e. The lowest BCUT2D eigenvalue weighted by Gasteiger charge is -2.06. The standard InChI is InChI=1S/C17H22N8O/c1-3-19-17-21-9-13(10-22-17)16-20-6-8-25(16)14-11-23-24(12-14)7-4-5-15(26)18-2/h6,8-12H,3-5,7H2,1-2H3,(H,18,26)(H,19,21,22). The van der Waals surface area contributed by atoms with E-state index in [1.807, 2.05) is 28.6 Å². The number of amides is 1. The molecule has 0 bridgehead atoms. The Hall–Kier alpha value is -3.23. The highest BCUT2D eigenvalue weighted by molar-refractivity contribution is 5.75. The minimum atomic E-state index is 0.0373. The molecule has 0 fully saturated rings. The Kier molecular flexibility index (Phi) is 5.57. The first-order valence-corrected chi connectivity index (χ1v) is 8.54. The van der Waals surface area contributed by atoms with E-state index in [4.69, 9.17) is 0 Å². The van der Waals surface area contributed by atoms with Crippen molar-refractivity contribution < 1.29 is 4.79 Å². The third-order valence-corrected chi connectivity index (χ3v) is 3.85. The Morgan fingerprint density at radius 3 is 2.73 bits per heavy atom. The lowest BCUT2D eigenvalue weighted by Crippen LogP contribution is -2.17. The fourth-order valence-corrected chi connectivity index (χ4v) is 2.54. The third-order valence-electron chi connectivity index (χ3n) is 3.85. The minimum absolute atomic E-state index is 0.0373. The van der Waals surface area contributed by atoms with E-state index < -0.39 is 0 Å². The second-order valence-electron chi connectivity index (χ2n) is 5.68. The largest absolute Gasteiger partial charge is 0.359 e. The Bertz CT molecular complexity index is 852. The van der Waals surface area contributed by atoms with Crippen molar-refractivity contribution in [3.63, 3.8) is 0 Å². The monoisotopic (exact) mass is 354 g/mol. The highest BCUT2D eigenvalue weighted by Gasteiger charge is 2.11. The highest BCUT2D eigenvalue weighted by Crippen LogP contribution is 2.20. The van der Waals surface area contributed by atoms with Crippen molar-refractivity contribution in [1.29, 1.82) is 0 Å². The zero-order chi connectivity index (χ0) is 18.4. The fourth-order valence-electron chi connectivity index (χ4n) is 2.54. The number of anilines is 1. The van der Waals surface area contributed by atoms with Gasteiger partial charge in [0.05, 0.1) is 17.4 Å². The van der Waals surface area contributed by atoms with Crippen molar-refractivity contribution in [1.82, 2.24) is 34.6 Å². The maximum atomic E-state index is 11.3. The molecule has 0 radical (unpaired) electrons. The SMILES string of the molecule is CCNc1ncc(-c2nccn2-c2cnn(CCCC(=O)NC)c2)cn1. The second-order valence-corrected chi connectivity index (χ2v) is 5.68. The summed E-state index contributed by atoms with van der Waals surface area (Å²) >= 11 is 0. The number of imidazole rings is 1. The lowest BCUT2D eigenvalue weighted by atomic mass is 10.3. The van der Waals surface area contributed by atoms with Gasteiger partial charge >= 0.3 is 0 Å². The molecule has 0 aliphatic heterocycles. The van der Waals surface area contributed by atoms with E-state index in [1.165, 1.54) is 0 Å². The van der Waals surface area contributed by atoms with Gasteiger partial charge in [-0.2, -0.15) is 5.10 Å². The summed E-state index contributed by atoms with van der Waals surface area (Å²) in [4.78, 5) is 24.3. The third kappa shape index (κ3) is 4.05. The number of carbonyl (C=O) groups excluding carboxylic acids is 1. The molecule has 0 aliphatic rings. The van der Waals surface area contributed by atoms with Crippen LogP contribution in [0.15, 0.2) is 37.2 Å². The molecular weight excluding hydrogens is 332 g/mol. The molecule has 0 atom stereocenters. The van der Waals surface area contributed by atoms with Crippen LogP contribution in [-0.2, 0) is 11.3 Å². The van der Waals surface area contributed by atoms with Crippen molar-refractivity contribution in [2.24, 2.45) is 0 Å². The zero-order valence-corrected chi connectivity index (χ0v) is 14.9. The molecule has 0 unspecified atom stereocenters. The van der Waals surface area contributed by atoms with E-state index in [0.717, 1.165) is 30.0 Å². The summed E-state index contributed by atoms with van der Waals surface area (Å²) in [6, 6.07) is 0. The average Bonchev–Trinajstić information content (AvgIpc) is 3.31. The topological polar surface area (TPSA) is 103 Å². The van der Waals surface area contributed by atoms with E-state index in [2.05, 4.69) is 30.7 Å². The summed E-state index contributed by atoms with van der Waals surface area (Å²) in [6.07, 6.45) is 12.0. The number of nitrogens with zero attached hydrogens (tertiary/aromatic N) is 6. The van der Waals surface area contributed by atoms with Crippen LogP contribution in [0.5, 0.6) is 0 Å². The van der Waals surface area contributed by atoms with Crippen molar-refractivity contribution in [2.45, 2.75) is 26.3 Å². The number of rotatable bonds is 8. The first-order chi connectivity index (χ1) is 12.7. The molecule has 2 N–H and O–H groups in total. The Labute approximate surface area is 151 Å². The van der Waals surface area contributed by atoms with Crippen LogP contribution in [0, 0.1) is 0 Å². The molecule has 0 spiro atoms. The molecule has 26 heavy (non-hydrogen) atoms. The van der Waals surface area contributed by atoms with Gasteiger partial charge in [-0.3, -0.25) is 14.0 Å². The van der Waals surface area contributed by atoms with Crippen LogP contribution in [0.4, 0.5) is 5.95 Å². The van der Waals surface area contributed by atoms with Crippen molar-refractivity contribution >= 4 is 11.9 Å². The summed E-state index contributed by atoms with van der Waals surface area (Å²) < 4.78 is 3.76. The molecule has 1 amide bonds. The van der Waals surface area contributed by atoms with Crippen LogP contribution in [0.2, 0.25) is 0 Å². The van der Waals surface area contributed by atoms with Gasteiger partial charge in [0, 0.05) is 57.5 Å². The fraction of sp³-hybridized carbons (Fsp3) is 0.353. The molecule has 9 nitrogen and oxygen atoms in total. The second kappa shape index (κ2) is 8.24. The molecule has 0 saturated heterocycles. The van der Waals surface area contributed by atoms with Gasteiger partial charge in [-0.1, -0.05) is 0 Å². The molecule has 0 saturated carbocycles. The van der Waals surface area contributed by atoms with Crippen LogP contribution < -0.4 is 10.6 Å². The number of carbonyl (C=O) groups is 1. The summed E-state index contributed by atoms with van der Waals surface area (Å²) in [5.74, 6) is 1.38. The number of aryl methyl sites for hydroxylation is 1. The van der Waals surface area contributed by atoms with Gasteiger partial charge in [-0.25, -0.2) is 15.0 Å². The molecule has 136 valence electrons. The molecular formula is C17H22N8O. The highest BCUT2D eigenvalue weighted by atomic mass is 16.1. The summed E-state index contributed by atoms with van der Waals surface area (Å²) in [5.41, 5.74) is 1.72. The average molecular weight is 354 g/mol. The Balaban J connectivity index is 1.73. The normalized spacial score (nSPS) is 10.7. The van der Waals surface area contributed by atoms with Crippen LogP contribution in [-0.4, -0.2) is 48.8 Å². The predicted molar refractivity (Wildman–Crippen MR) is 97.8 cm³/mol. The molecule has 3 aromatic rings. The van der Waals surface area contributed by atoms with Crippen molar-refractivity contribution in [3.05, 3.63) is 37.2 Å². The predicted octanol–water partition coefficient (Wildman–Crippen LogP) is 1.48. The molecule has 3 heterocycles. The molecule has 9 heteroatoms. The number of hydrogen-bond acceptors (Lipinski definition) is 6. The number of nitrogens with one attached hydrogen (secondary N) is 2. The maximum absolute atomic E-state index is 11.3. The summed E-state index contributed by atoms with van der Waals surface area (Å²) in [5, 5.41) is 10.1. The van der Waals surface area contributed by atoms with E-state index in [0.29, 0.717) is 18.9 Å². The van der Waals surface area contributed by atoms with Gasteiger partial charge in [-0.05, 0) is 13.3 Å². The van der Waals surface area contributed by atoms with Crippen LogP contribution in [0.25, 0.3) is 17.1 Å². The van der Waals surface area contributed by atoms with Crippen molar-refractivity contribution in [2.75, 3.05) is 18.9 Å². The first-order valence-electron chi connectivity index (χ1n) is 8.54. The smallest absolute Gasteiger partial charge is 0.222 e. The molecule has 3 aromatic heterocycles. The molecule has 0 aromatic carbocycles. The summed E-state index contributed by atoms with van der Waals surface area (Å²) in [6.45, 7) is 3.45. The van der Waals surface area contributed by atoms with Gasteiger partial charge in [0.2, 0.25) is 11.9 Å². The first kappa shape index (κ1) is 17.6. The van der Waals surface area contributed by atoms with Gasteiger partial charge < -0.3 is 10.6 Å². The van der Waals surface area contributed by atoms with Gasteiger partial charge in [-0.15, -0.1) is 0 Å². The summed E-state index contributed by atoms with van der Waals surface area (Å²) in [7, 11) is 1.64. The van der Waals surface area contributed by atoms with E-state index >= 15 is 0 Å². The van der Waals surface area contributed by atoms with Crippen LogP contribution in [0.3, 0.4) is 0 Å². The quantitative estimate of drug-likeness (QED) is 0.635. The van der Waals surface area contributed by atoms with Gasteiger partial charge in [0.15, 0.2) is 0 Å². The van der Waals surface area contributed by atoms with E-state index in [-0.39, 0.29) is 5.91 Å². The number of aromatic nitrogens is 6. The lowest BCUT2D eigenvalue weighted by molar-refractivity contribution is -0.120. The number of hydrogen-bond donors (Lipinski definition) is 2. The van der Waals surface area contributed by atoms with Crippen LogP contribution in [0.1, 0.15) is 19.8 Å². The van der Waals surface area contributed by atoms with Crippen molar-refractivity contribution in [3.8, 4) is 17.1 Å². The Morgan fingerprint density at radius 1 is 1.19 bits per heavy atom. The zero-order valence-electron chi connectivity index (χ0n) is 14.9. The van der Waals surface area contributed by atoms with Gasteiger partial charge in [0.1, 0.15) is 5.82 Å². The van der Waals surface area contributed by atoms with Gasteiger partial charge in [0.25, 0.3) is 0 Å². The minimum Gasteiger partial charge on any atom is -0.359 e. The molecule has 0 aliphatic carbocycles. The molecule has 3 rings (SSSR count). The van der Waals surface area contributed by atoms with E-state index in [9.17, 15) is 4.79 Å².